The molecule has 0 radical (unpaired) electrons. The van der Waals surface area contributed by atoms with Gasteiger partial charge >= 0.3 is 0 Å². The molecule has 1 heterocycles. The molecule has 0 unspecified atom stereocenters. The van der Waals surface area contributed by atoms with Crippen molar-refractivity contribution in [3.8, 4) is 0 Å². The number of sulfonamides is 1. The highest BCUT2D eigenvalue weighted by Crippen LogP contribution is 2.28. The van der Waals surface area contributed by atoms with Crippen LogP contribution in [0.4, 0.5) is 21.5 Å². The number of nitrogens with one attached hydrogen (secondary N) is 3. The molecular formula is C17H16FN3O4S. The standard InChI is InChI=1S/C17H16FN3O4S/c1-10(22)19-12-3-5-14(18)16(9-12)21-26(24,25)13-4-6-15-11(8-13)2-7-17(23)20-15/h3-6,8-9,21H,2,7H2,1H3,(H,19,22)(H,20,23). The van der Waals surface area contributed by atoms with Crippen LogP contribution in [0.5, 0.6) is 0 Å². The zero-order chi connectivity index (χ0) is 18.9. The lowest BCUT2D eigenvalue weighted by Gasteiger charge is -2.18. The molecule has 0 bridgehead atoms. The van der Waals surface area contributed by atoms with Crippen molar-refractivity contribution in [2.45, 2.75) is 24.7 Å². The van der Waals surface area contributed by atoms with Gasteiger partial charge in [-0.2, -0.15) is 0 Å². The molecule has 1 aliphatic rings. The van der Waals surface area contributed by atoms with Crippen LogP contribution in [-0.4, -0.2) is 20.2 Å². The molecule has 0 atom stereocenters. The number of carbonyl (C=O) groups is 2. The van der Waals surface area contributed by atoms with E-state index in [1.54, 1.807) is 0 Å². The van der Waals surface area contributed by atoms with E-state index in [1.165, 1.54) is 37.3 Å². The van der Waals surface area contributed by atoms with Gasteiger partial charge in [0.1, 0.15) is 5.82 Å². The third-order valence-electron chi connectivity index (χ3n) is 3.81. The Balaban J connectivity index is 1.90. The number of amides is 2. The fourth-order valence-corrected chi connectivity index (χ4v) is 3.72. The molecule has 9 heteroatoms. The van der Waals surface area contributed by atoms with Gasteiger partial charge in [0.2, 0.25) is 11.8 Å². The van der Waals surface area contributed by atoms with Crippen molar-refractivity contribution in [1.29, 1.82) is 0 Å². The lowest BCUT2D eigenvalue weighted by molar-refractivity contribution is -0.116. The Morgan fingerprint density at radius 1 is 1.15 bits per heavy atom. The van der Waals surface area contributed by atoms with E-state index >= 15 is 0 Å². The molecule has 7 nitrogen and oxygen atoms in total. The first-order valence-electron chi connectivity index (χ1n) is 7.77. The van der Waals surface area contributed by atoms with Crippen LogP contribution in [-0.2, 0) is 26.0 Å². The first-order chi connectivity index (χ1) is 12.2. The minimum absolute atomic E-state index is 0.0447. The highest BCUT2D eigenvalue weighted by atomic mass is 32.2. The van der Waals surface area contributed by atoms with Crippen LogP contribution in [0, 0.1) is 5.82 Å². The molecule has 2 amide bonds. The maximum Gasteiger partial charge on any atom is 0.261 e. The van der Waals surface area contributed by atoms with Crippen molar-refractivity contribution in [1.82, 2.24) is 0 Å². The highest BCUT2D eigenvalue weighted by molar-refractivity contribution is 7.92. The molecule has 2 aromatic carbocycles. The van der Waals surface area contributed by atoms with Crippen molar-refractivity contribution in [2.24, 2.45) is 0 Å². The van der Waals surface area contributed by atoms with Crippen LogP contribution in [0.2, 0.25) is 0 Å². The molecule has 26 heavy (non-hydrogen) atoms. The van der Waals surface area contributed by atoms with Crippen LogP contribution in [0.15, 0.2) is 41.3 Å². The summed E-state index contributed by atoms with van der Waals surface area (Å²) >= 11 is 0. The summed E-state index contributed by atoms with van der Waals surface area (Å²) in [5.74, 6) is -1.25. The Hall–Kier alpha value is -2.94. The third-order valence-corrected chi connectivity index (χ3v) is 5.18. The number of carbonyl (C=O) groups excluding carboxylic acids is 2. The first kappa shape index (κ1) is 17.9. The Morgan fingerprint density at radius 3 is 2.65 bits per heavy atom. The van der Waals surface area contributed by atoms with Crippen LogP contribution < -0.4 is 15.4 Å². The van der Waals surface area contributed by atoms with E-state index in [4.69, 9.17) is 0 Å². The SMILES string of the molecule is CC(=O)Nc1ccc(F)c(NS(=O)(=O)c2ccc3c(c2)CCC(=O)N3)c1. The maximum absolute atomic E-state index is 14.0. The van der Waals surface area contributed by atoms with E-state index in [2.05, 4.69) is 15.4 Å². The largest absolute Gasteiger partial charge is 0.326 e. The highest BCUT2D eigenvalue weighted by Gasteiger charge is 2.21. The van der Waals surface area contributed by atoms with Crippen molar-refractivity contribution in [3.05, 3.63) is 47.8 Å². The lowest BCUT2D eigenvalue weighted by Crippen LogP contribution is -2.20. The second-order valence-corrected chi connectivity index (χ2v) is 7.53. The Kier molecular flexibility index (Phi) is 4.64. The van der Waals surface area contributed by atoms with Gasteiger partial charge in [-0.15, -0.1) is 0 Å². The van der Waals surface area contributed by atoms with Gasteiger partial charge in [0.05, 0.1) is 10.6 Å². The smallest absolute Gasteiger partial charge is 0.261 e. The van der Waals surface area contributed by atoms with E-state index in [9.17, 15) is 22.4 Å². The van der Waals surface area contributed by atoms with Gasteiger partial charge in [0.15, 0.2) is 0 Å². The number of benzene rings is 2. The van der Waals surface area contributed by atoms with Gasteiger partial charge in [0, 0.05) is 24.7 Å². The minimum Gasteiger partial charge on any atom is -0.326 e. The van der Waals surface area contributed by atoms with Crippen LogP contribution >= 0.6 is 0 Å². The normalized spacial score (nSPS) is 13.5. The van der Waals surface area contributed by atoms with Gasteiger partial charge in [-0.1, -0.05) is 0 Å². The van der Waals surface area contributed by atoms with E-state index in [0.29, 0.717) is 17.7 Å². The van der Waals surface area contributed by atoms with E-state index < -0.39 is 15.8 Å². The predicted octanol–water partition coefficient (Wildman–Crippen LogP) is 2.47. The summed E-state index contributed by atoms with van der Waals surface area (Å²) < 4.78 is 41.3. The number of aryl methyl sites for hydroxylation is 1. The van der Waals surface area contributed by atoms with Gasteiger partial charge in [0.25, 0.3) is 10.0 Å². The molecule has 136 valence electrons. The average molecular weight is 377 g/mol. The fraction of sp³-hybridized carbons (Fsp3) is 0.176. The zero-order valence-corrected chi connectivity index (χ0v) is 14.6. The lowest BCUT2D eigenvalue weighted by atomic mass is 10.0. The molecular weight excluding hydrogens is 361 g/mol. The summed E-state index contributed by atoms with van der Waals surface area (Å²) in [7, 11) is -4.04. The molecule has 0 aromatic heterocycles. The second kappa shape index (κ2) is 6.75. The number of rotatable bonds is 4. The zero-order valence-electron chi connectivity index (χ0n) is 13.8. The number of anilines is 3. The summed E-state index contributed by atoms with van der Waals surface area (Å²) in [6.45, 7) is 1.29. The maximum atomic E-state index is 14.0. The molecule has 0 fully saturated rings. The Labute approximate surface area is 149 Å². The van der Waals surface area contributed by atoms with Crippen molar-refractivity contribution in [3.63, 3.8) is 0 Å². The molecule has 3 N–H and O–H groups in total. The van der Waals surface area contributed by atoms with Gasteiger partial charge < -0.3 is 10.6 Å². The van der Waals surface area contributed by atoms with Crippen molar-refractivity contribution >= 4 is 38.9 Å². The van der Waals surface area contributed by atoms with Crippen molar-refractivity contribution < 1.29 is 22.4 Å². The molecule has 0 spiro atoms. The van der Waals surface area contributed by atoms with Crippen LogP contribution in [0.1, 0.15) is 18.9 Å². The van der Waals surface area contributed by atoms with Crippen LogP contribution in [0.3, 0.4) is 0 Å². The molecule has 0 saturated heterocycles. The van der Waals surface area contributed by atoms with E-state index in [1.807, 2.05) is 0 Å². The molecule has 0 saturated carbocycles. The number of hydrogen-bond acceptors (Lipinski definition) is 4. The van der Waals surface area contributed by atoms with Gasteiger partial charge in [-0.25, -0.2) is 12.8 Å². The number of halogens is 1. The fourth-order valence-electron chi connectivity index (χ4n) is 2.62. The summed E-state index contributed by atoms with van der Waals surface area (Å²) in [6, 6.07) is 7.88. The first-order valence-corrected chi connectivity index (χ1v) is 9.26. The Bertz CT molecular complexity index is 1010. The average Bonchev–Trinajstić information content (AvgIpc) is 2.56. The van der Waals surface area contributed by atoms with Crippen LogP contribution in [0.25, 0.3) is 0 Å². The summed E-state index contributed by atoms with van der Waals surface area (Å²) in [5.41, 5.74) is 1.26. The predicted molar refractivity (Wildman–Crippen MR) is 94.9 cm³/mol. The summed E-state index contributed by atoms with van der Waals surface area (Å²) in [4.78, 5) is 22.4. The number of hydrogen-bond donors (Lipinski definition) is 3. The topological polar surface area (TPSA) is 104 Å². The monoisotopic (exact) mass is 377 g/mol. The second-order valence-electron chi connectivity index (χ2n) is 5.85. The quantitative estimate of drug-likeness (QED) is 0.761. The summed E-state index contributed by atoms with van der Waals surface area (Å²) in [5, 5.41) is 5.13. The van der Waals surface area contributed by atoms with E-state index in [0.717, 1.165) is 6.07 Å². The molecule has 2 aromatic rings. The molecule has 0 aliphatic carbocycles. The molecule has 3 rings (SSSR count). The van der Waals surface area contributed by atoms with E-state index in [-0.39, 0.29) is 34.5 Å². The van der Waals surface area contributed by atoms with Gasteiger partial charge in [-0.3, -0.25) is 14.3 Å². The number of fused-ring (bicyclic) bond motifs is 1. The Morgan fingerprint density at radius 2 is 1.92 bits per heavy atom. The molecule has 1 aliphatic heterocycles. The summed E-state index contributed by atoms with van der Waals surface area (Å²) in [6.07, 6.45) is 0.703. The minimum atomic E-state index is -4.04. The third kappa shape index (κ3) is 3.83. The van der Waals surface area contributed by atoms with Gasteiger partial charge in [-0.05, 0) is 48.4 Å². The van der Waals surface area contributed by atoms with Crippen molar-refractivity contribution in [2.75, 3.05) is 15.4 Å².